The Hall–Kier alpha value is -3.17. The minimum atomic E-state index is -3.52. The second-order valence-electron chi connectivity index (χ2n) is 10.8. The maximum absolute atomic E-state index is 13.3. The molecule has 3 aromatic rings. The molecule has 0 aromatic heterocycles. The molecule has 1 fully saturated rings. The molecule has 7 nitrogen and oxygen atoms in total. The van der Waals surface area contributed by atoms with E-state index < -0.39 is 9.84 Å². The largest absolute Gasteiger partial charge is 0.494 e. The molecule has 9 heteroatoms. The van der Waals surface area contributed by atoms with Crippen LogP contribution in [0.4, 0.5) is 5.69 Å². The molecule has 224 valence electrons. The molecule has 0 radical (unpaired) electrons. The first kappa shape index (κ1) is 31.8. The highest BCUT2D eigenvalue weighted by molar-refractivity contribution is 7.91. The smallest absolute Gasteiger partial charge is 0.251 e. The van der Waals surface area contributed by atoms with E-state index in [9.17, 15) is 13.2 Å². The normalized spacial score (nSPS) is 16.5. The molecule has 1 amide bonds. The molecule has 0 atom stereocenters. The van der Waals surface area contributed by atoms with Crippen molar-refractivity contribution >= 4 is 39.9 Å². The van der Waals surface area contributed by atoms with Gasteiger partial charge in [-0.2, -0.15) is 0 Å². The van der Waals surface area contributed by atoms with Crippen LogP contribution < -0.4 is 10.1 Å². The fourth-order valence-electron chi connectivity index (χ4n) is 5.33. The third kappa shape index (κ3) is 7.81. The number of sulfone groups is 1. The summed E-state index contributed by atoms with van der Waals surface area (Å²) < 4.78 is 37.3. The minimum Gasteiger partial charge on any atom is -0.494 e. The van der Waals surface area contributed by atoms with Crippen LogP contribution in [0, 0.1) is 0 Å². The van der Waals surface area contributed by atoms with Crippen LogP contribution in [0.25, 0.3) is 17.2 Å². The summed E-state index contributed by atoms with van der Waals surface area (Å²) >= 11 is 0. The third-order valence-corrected chi connectivity index (χ3v) is 9.51. The Morgan fingerprint density at radius 3 is 2.38 bits per heavy atom. The second-order valence-corrected chi connectivity index (χ2v) is 12.9. The van der Waals surface area contributed by atoms with Gasteiger partial charge in [-0.25, -0.2) is 8.42 Å². The number of rotatable bonds is 9. The zero-order chi connectivity index (χ0) is 28.8. The summed E-state index contributed by atoms with van der Waals surface area (Å²) in [4.78, 5) is 15.9. The lowest BCUT2D eigenvalue weighted by Gasteiger charge is -2.31. The molecule has 0 bridgehead atoms. The number of benzene rings is 3. The zero-order valence-electron chi connectivity index (χ0n) is 24.2. The molecule has 2 aliphatic rings. The van der Waals surface area contributed by atoms with Crippen molar-refractivity contribution in [2.75, 3.05) is 37.9 Å². The quantitative estimate of drug-likeness (QED) is 0.303. The lowest BCUT2D eigenvalue weighted by atomic mass is 10.0. The van der Waals surface area contributed by atoms with E-state index in [2.05, 4.69) is 24.2 Å². The number of nitrogens with zero attached hydrogens (tertiary/aromatic N) is 1. The summed E-state index contributed by atoms with van der Waals surface area (Å²) in [6.45, 7) is 5.17. The highest BCUT2D eigenvalue weighted by Crippen LogP contribution is 2.32. The van der Waals surface area contributed by atoms with Gasteiger partial charge in [0.15, 0.2) is 9.84 Å². The van der Waals surface area contributed by atoms with Crippen LogP contribution in [-0.2, 0) is 25.9 Å². The Morgan fingerprint density at radius 2 is 1.69 bits per heavy atom. The van der Waals surface area contributed by atoms with E-state index in [1.54, 1.807) is 12.1 Å². The first-order chi connectivity index (χ1) is 19.8. The summed E-state index contributed by atoms with van der Waals surface area (Å²) in [6.07, 6.45) is 4.88. The van der Waals surface area contributed by atoms with Gasteiger partial charge in [0, 0.05) is 37.1 Å². The van der Waals surface area contributed by atoms with Gasteiger partial charge >= 0.3 is 0 Å². The number of halogens is 1. The number of carbonyl (C=O) groups excluding carboxylic acids is 1. The first-order valence-electron chi connectivity index (χ1n) is 14.3. The maximum Gasteiger partial charge on any atom is 0.251 e. The predicted octanol–water partition coefficient (Wildman–Crippen LogP) is 6.37. The van der Waals surface area contributed by atoms with Gasteiger partial charge in [-0.1, -0.05) is 37.3 Å². The van der Waals surface area contributed by atoms with Crippen LogP contribution in [-0.4, -0.2) is 57.9 Å². The number of ether oxygens (including phenoxy) is 2. The molecule has 1 saturated heterocycles. The maximum atomic E-state index is 13.3. The van der Waals surface area contributed by atoms with E-state index in [1.807, 2.05) is 60.7 Å². The summed E-state index contributed by atoms with van der Waals surface area (Å²) in [5.74, 6) is 0.397. The number of carbonyl (C=O) groups is 1. The monoisotopic (exact) mass is 610 g/mol. The lowest BCUT2D eigenvalue weighted by Crippen LogP contribution is -2.36. The minimum absolute atomic E-state index is 0. The topological polar surface area (TPSA) is 84.9 Å². The number of hydrogen-bond acceptors (Lipinski definition) is 6. The van der Waals surface area contributed by atoms with Gasteiger partial charge in [-0.05, 0) is 97.5 Å². The molecule has 3 aromatic carbocycles. The number of fused-ring (bicyclic) bond motifs is 1. The van der Waals surface area contributed by atoms with Crippen LogP contribution in [0.1, 0.15) is 43.7 Å². The van der Waals surface area contributed by atoms with E-state index >= 15 is 0 Å². The highest BCUT2D eigenvalue weighted by atomic mass is 35.5. The fourth-order valence-corrected chi connectivity index (χ4v) is 6.79. The van der Waals surface area contributed by atoms with E-state index in [0.717, 1.165) is 55.9 Å². The molecule has 2 heterocycles. The van der Waals surface area contributed by atoms with E-state index in [0.29, 0.717) is 29.5 Å². The Morgan fingerprint density at radius 1 is 1.00 bits per heavy atom. The van der Waals surface area contributed by atoms with Crippen LogP contribution in [0.5, 0.6) is 5.75 Å². The van der Waals surface area contributed by atoms with Crippen molar-refractivity contribution in [1.29, 1.82) is 0 Å². The molecule has 0 aliphatic carbocycles. The van der Waals surface area contributed by atoms with Crippen molar-refractivity contribution in [2.24, 2.45) is 0 Å². The molecule has 1 N–H and O–H groups in total. The Kier molecular flexibility index (Phi) is 10.8. The lowest BCUT2D eigenvalue weighted by molar-refractivity contribution is -0.112. The first-order valence-corrected chi connectivity index (χ1v) is 16.0. The van der Waals surface area contributed by atoms with E-state index in [1.165, 1.54) is 5.56 Å². The van der Waals surface area contributed by atoms with Crippen molar-refractivity contribution in [3.8, 4) is 16.9 Å². The average molecular weight is 611 g/mol. The van der Waals surface area contributed by atoms with Crippen LogP contribution in [0.3, 0.4) is 0 Å². The molecule has 5 rings (SSSR count). The van der Waals surface area contributed by atoms with Gasteiger partial charge in [0.05, 0.1) is 17.3 Å². The number of anilines is 1. The van der Waals surface area contributed by atoms with Crippen molar-refractivity contribution in [3.63, 3.8) is 0 Å². The van der Waals surface area contributed by atoms with Crippen LogP contribution >= 0.6 is 12.4 Å². The van der Waals surface area contributed by atoms with Crippen molar-refractivity contribution in [2.45, 2.75) is 50.1 Å². The van der Waals surface area contributed by atoms with Gasteiger partial charge < -0.3 is 14.8 Å². The highest BCUT2D eigenvalue weighted by Gasteiger charge is 2.25. The van der Waals surface area contributed by atoms with Crippen LogP contribution in [0.15, 0.2) is 77.2 Å². The summed E-state index contributed by atoms with van der Waals surface area (Å²) in [5, 5.41) is 2.96. The zero-order valence-corrected chi connectivity index (χ0v) is 25.8. The van der Waals surface area contributed by atoms with Gasteiger partial charge in [0.1, 0.15) is 5.75 Å². The molecule has 42 heavy (non-hydrogen) atoms. The SMILES string of the molecule is CCCOc1ccc(-c2ccc3c(c2)C=C(C(=O)Nc2ccc(CN(C)C4CCOCC4)cc2)CCS3(=O)=O)cc1.Cl. The second kappa shape index (κ2) is 14.3. The number of hydrogen-bond donors (Lipinski definition) is 1. The van der Waals surface area contributed by atoms with E-state index in [-0.39, 0.29) is 35.4 Å². The van der Waals surface area contributed by atoms with Gasteiger partial charge in [0.25, 0.3) is 5.91 Å². The molecule has 0 unspecified atom stereocenters. The van der Waals surface area contributed by atoms with Gasteiger partial charge in [-0.15, -0.1) is 12.4 Å². The Bertz CT molecular complexity index is 1500. The predicted molar refractivity (Wildman–Crippen MR) is 170 cm³/mol. The Labute approximate surface area is 255 Å². The average Bonchev–Trinajstić information content (AvgIpc) is 3.13. The van der Waals surface area contributed by atoms with E-state index in [4.69, 9.17) is 9.47 Å². The van der Waals surface area contributed by atoms with Crippen molar-refractivity contribution in [3.05, 3.63) is 83.4 Å². The van der Waals surface area contributed by atoms with Crippen molar-refractivity contribution < 1.29 is 22.7 Å². The van der Waals surface area contributed by atoms with Gasteiger partial charge in [0.2, 0.25) is 0 Å². The van der Waals surface area contributed by atoms with Crippen molar-refractivity contribution in [1.82, 2.24) is 4.90 Å². The van der Waals surface area contributed by atoms with Gasteiger partial charge in [-0.3, -0.25) is 9.69 Å². The molecular weight excluding hydrogens is 572 g/mol. The number of nitrogens with one attached hydrogen (secondary N) is 1. The molecule has 0 spiro atoms. The Balaban J connectivity index is 0.00000405. The summed E-state index contributed by atoms with van der Waals surface area (Å²) in [5.41, 5.74) is 4.64. The molecule has 0 saturated carbocycles. The third-order valence-electron chi connectivity index (χ3n) is 7.72. The summed E-state index contributed by atoms with van der Waals surface area (Å²) in [6, 6.07) is 21.4. The molecular formula is C33H39ClN2O5S. The standard InChI is InChI=1S/C33H38N2O5S.ClH/c1-3-17-40-31-11-6-25(7-12-31)26-8-13-32-28(21-26)22-27(16-20-41(32,37)38)33(36)34-29-9-4-24(5-10-29)23-35(2)30-14-18-39-19-15-30;/h4-13,21-22,30H,3,14-20,23H2,1-2H3,(H,34,36);1H. The fraction of sp³-hybridized carbons (Fsp3) is 0.364. The molecule has 2 aliphatic heterocycles. The summed E-state index contributed by atoms with van der Waals surface area (Å²) in [7, 11) is -1.39. The number of amides is 1. The van der Waals surface area contributed by atoms with Crippen LogP contribution in [0.2, 0.25) is 0 Å².